The van der Waals surface area contributed by atoms with E-state index in [0.29, 0.717) is 23.7 Å². The molecule has 0 bridgehead atoms. The molecule has 1 N–H and O–H groups in total. The number of benzene rings is 1. The van der Waals surface area contributed by atoms with Crippen molar-refractivity contribution in [1.82, 2.24) is 0 Å². The molecule has 0 saturated heterocycles. The van der Waals surface area contributed by atoms with Crippen LogP contribution in [0.2, 0.25) is 0 Å². The van der Waals surface area contributed by atoms with E-state index >= 15 is 0 Å². The van der Waals surface area contributed by atoms with Crippen LogP contribution in [-0.4, -0.2) is 32.4 Å². The second-order valence-electron chi connectivity index (χ2n) is 3.98. The first-order chi connectivity index (χ1) is 8.53. The Morgan fingerprint density at radius 1 is 1.17 bits per heavy atom. The van der Waals surface area contributed by atoms with Gasteiger partial charge in [0.05, 0.1) is 27.2 Å². The average molecular weight is 254 g/mol. The van der Waals surface area contributed by atoms with Crippen LogP contribution in [0.3, 0.4) is 0 Å². The molecule has 0 radical (unpaired) electrons. The van der Waals surface area contributed by atoms with E-state index in [0.717, 1.165) is 5.56 Å². The smallest absolute Gasteiger partial charge is 0.306 e. The molecule has 1 aromatic rings. The van der Waals surface area contributed by atoms with Crippen molar-refractivity contribution in [3.8, 4) is 17.2 Å². The van der Waals surface area contributed by atoms with Crippen molar-refractivity contribution >= 4 is 5.97 Å². The zero-order valence-electron chi connectivity index (χ0n) is 11.0. The van der Waals surface area contributed by atoms with Crippen molar-refractivity contribution in [2.75, 3.05) is 21.3 Å². The lowest BCUT2D eigenvalue weighted by atomic mass is 10.0. The van der Waals surface area contributed by atoms with E-state index in [1.807, 2.05) is 0 Å². The van der Waals surface area contributed by atoms with Crippen LogP contribution in [0.25, 0.3) is 0 Å². The van der Waals surface area contributed by atoms with Crippen molar-refractivity contribution in [3.05, 3.63) is 17.7 Å². The van der Waals surface area contributed by atoms with Crippen molar-refractivity contribution < 1.29 is 24.1 Å². The van der Waals surface area contributed by atoms with Crippen LogP contribution in [0.5, 0.6) is 17.2 Å². The van der Waals surface area contributed by atoms with Crippen LogP contribution in [0, 0.1) is 5.92 Å². The Morgan fingerprint density at radius 2 is 1.67 bits per heavy atom. The first-order valence-corrected chi connectivity index (χ1v) is 5.55. The van der Waals surface area contributed by atoms with E-state index in [4.69, 9.17) is 19.3 Å². The predicted octanol–water partition coefficient (Wildman–Crippen LogP) is 1.98. The molecule has 0 aromatic heterocycles. The van der Waals surface area contributed by atoms with E-state index in [-0.39, 0.29) is 0 Å². The summed E-state index contributed by atoms with van der Waals surface area (Å²) in [5.41, 5.74) is 0.833. The van der Waals surface area contributed by atoms with Gasteiger partial charge in [-0.15, -0.1) is 0 Å². The Hall–Kier alpha value is -1.91. The van der Waals surface area contributed by atoms with Gasteiger partial charge in [-0.2, -0.15) is 0 Å². The number of ether oxygens (including phenoxy) is 3. The quantitative estimate of drug-likeness (QED) is 0.840. The van der Waals surface area contributed by atoms with Gasteiger partial charge in [-0.1, -0.05) is 6.92 Å². The maximum absolute atomic E-state index is 10.8. The Balaban J connectivity index is 3.11. The molecular weight excluding hydrogens is 236 g/mol. The number of carboxylic acids is 1. The molecule has 18 heavy (non-hydrogen) atoms. The summed E-state index contributed by atoms with van der Waals surface area (Å²) in [7, 11) is 4.59. The van der Waals surface area contributed by atoms with Gasteiger partial charge in [-0.3, -0.25) is 4.79 Å². The molecule has 100 valence electrons. The Bertz CT molecular complexity index is 402. The predicted molar refractivity (Wildman–Crippen MR) is 66.6 cm³/mol. The van der Waals surface area contributed by atoms with Gasteiger partial charge in [0.1, 0.15) is 0 Å². The summed E-state index contributed by atoms with van der Waals surface area (Å²) in [6.07, 6.45) is 0.409. The Kier molecular flexibility index (Phi) is 4.83. The van der Waals surface area contributed by atoms with Crippen LogP contribution in [0.15, 0.2) is 12.1 Å². The second kappa shape index (κ2) is 6.14. The molecule has 0 saturated carbocycles. The van der Waals surface area contributed by atoms with Gasteiger partial charge in [-0.05, 0) is 24.1 Å². The number of hydrogen-bond donors (Lipinski definition) is 1. The molecule has 0 aliphatic rings. The lowest BCUT2D eigenvalue weighted by molar-refractivity contribution is -0.141. The van der Waals surface area contributed by atoms with Crippen molar-refractivity contribution in [1.29, 1.82) is 0 Å². The summed E-state index contributed by atoms with van der Waals surface area (Å²) in [6, 6.07) is 3.53. The highest BCUT2D eigenvalue weighted by molar-refractivity contribution is 5.70. The minimum absolute atomic E-state index is 0.409. The van der Waals surface area contributed by atoms with Gasteiger partial charge in [0, 0.05) is 0 Å². The fraction of sp³-hybridized carbons (Fsp3) is 0.462. The zero-order valence-corrected chi connectivity index (χ0v) is 11.0. The maximum Gasteiger partial charge on any atom is 0.306 e. The van der Waals surface area contributed by atoms with Crippen LogP contribution < -0.4 is 14.2 Å². The lowest BCUT2D eigenvalue weighted by Crippen LogP contribution is -2.12. The molecule has 1 atom stereocenters. The van der Waals surface area contributed by atoms with E-state index in [9.17, 15) is 4.79 Å². The maximum atomic E-state index is 10.8. The van der Waals surface area contributed by atoms with Gasteiger partial charge < -0.3 is 19.3 Å². The fourth-order valence-electron chi connectivity index (χ4n) is 1.69. The van der Waals surface area contributed by atoms with Gasteiger partial charge in [-0.25, -0.2) is 0 Å². The van der Waals surface area contributed by atoms with Crippen LogP contribution >= 0.6 is 0 Å². The Morgan fingerprint density at radius 3 is 2.00 bits per heavy atom. The summed E-state index contributed by atoms with van der Waals surface area (Å²) in [5.74, 6) is 0.275. The van der Waals surface area contributed by atoms with Gasteiger partial charge in [0.25, 0.3) is 0 Å². The second-order valence-corrected chi connectivity index (χ2v) is 3.98. The highest BCUT2D eigenvalue weighted by Crippen LogP contribution is 2.38. The molecule has 0 fully saturated rings. The third kappa shape index (κ3) is 3.06. The van der Waals surface area contributed by atoms with Crippen LogP contribution in [0.1, 0.15) is 12.5 Å². The minimum atomic E-state index is -0.830. The van der Waals surface area contributed by atoms with E-state index < -0.39 is 11.9 Å². The van der Waals surface area contributed by atoms with Crippen molar-refractivity contribution in [2.45, 2.75) is 13.3 Å². The van der Waals surface area contributed by atoms with Crippen LogP contribution in [0.4, 0.5) is 0 Å². The highest BCUT2D eigenvalue weighted by atomic mass is 16.5. The largest absolute Gasteiger partial charge is 0.493 e. The molecule has 0 spiro atoms. The number of hydrogen-bond acceptors (Lipinski definition) is 4. The number of rotatable bonds is 6. The number of carbonyl (C=O) groups is 1. The molecule has 0 aliphatic carbocycles. The zero-order chi connectivity index (χ0) is 13.7. The van der Waals surface area contributed by atoms with Gasteiger partial charge >= 0.3 is 5.97 Å². The monoisotopic (exact) mass is 254 g/mol. The van der Waals surface area contributed by atoms with Gasteiger partial charge in [0.2, 0.25) is 5.75 Å². The average Bonchev–Trinajstić information content (AvgIpc) is 2.37. The van der Waals surface area contributed by atoms with E-state index in [1.54, 1.807) is 19.1 Å². The summed E-state index contributed by atoms with van der Waals surface area (Å²) in [5, 5.41) is 8.91. The lowest BCUT2D eigenvalue weighted by Gasteiger charge is -2.15. The van der Waals surface area contributed by atoms with Gasteiger partial charge in [0.15, 0.2) is 11.5 Å². The number of methoxy groups -OCH3 is 3. The summed E-state index contributed by atoms with van der Waals surface area (Å²) in [4.78, 5) is 10.8. The molecule has 1 aromatic carbocycles. The topological polar surface area (TPSA) is 65.0 Å². The molecule has 0 amide bonds. The molecule has 0 heterocycles. The van der Waals surface area contributed by atoms with E-state index in [2.05, 4.69) is 0 Å². The number of carboxylic acid groups (broad SMARTS) is 1. The summed E-state index contributed by atoms with van der Waals surface area (Å²) in [6.45, 7) is 1.66. The van der Waals surface area contributed by atoms with E-state index in [1.165, 1.54) is 21.3 Å². The molecule has 1 rings (SSSR count). The summed E-state index contributed by atoms with van der Waals surface area (Å²) >= 11 is 0. The first-order valence-electron chi connectivity index (χ1n) is 5.55. The SMILES string of the molecule is COc1cc(CC(C)C(=O)O)cc(OC)c1OC. The Labute approximate surface area is 106 Å². The minimum Gasteiger partial charge on any atom is -0.493 e. The molecular formula is C13H18O5. The highest BCUT2D eigenvalue weighted by Gasteiger charge is 2.17. The fourth-order valence-corrected chi connectivity index (χ4v) is 1.69. The molecule has 1 unspecified atom stereocenters. The third-order valence-corrected chi connectivity index (χ3v) is 2.69. The first kappa shape index (κ1) is 14.2. The van der Waals surface area contributed by atoms with Crippen molar-refractivity contribution in [3.63, 3.8) is 0 Å². The summed E-state index contributed by atoms with van der Waals surface area (Å²) < 4.78 is 15.6. The van der Waals surface area contributed by atoms with Crippen LogP contribution in [-0.2, 0) is 11.2 Å². The normalized spacial score (nSPS) is 11.8. The molecule has 0 aliphatic heterocycles. The third-order valence-electron chi connectivity index (χ3n) is 2.69. The standard InChI is InChI=1S/C13H18O5/c1-8(13(14)15)5-9-6-10(16-2)12(18-4)11(7-9)17-3/h6-8H,5H2,1-4H3,(H,14,15). The molecule has 5 nitrogen and oxygen atoms in total. The molecule has 5 heteroatoms. The van der Waals surface area contributed by atoms with Crippen molar-refractivity contribution in [2.24, 2.45) is 5.92 Å². The number of aliphatic carboxylic acids is 1.